The van der Waals surface area contributed by atoms with Crippen molar-refractivity contribution < 1.29 is 9.53 Å². The van der Waals surface area contributed by atoms with Crippen LogP contribution in [-0.2, 0) is 4.79 Å². The zero-order chi connectivity index (χ0) is 14.2. The van der Waals surface area contributed by atoms with Gasteiger partial charge in [0, 0.05) is 5.54 Å². The zero-order valence-corrected chi connectivity index (χ0v) is 11.9. The second-order valence-electron chi connectivity index (χ2n) is 5.78. The number of carbonyl (C=O) groups is 1. The fraction of sp³-hybridized carbons (Fsp3) is 0.500. The smallest absolute Gasteiger partial charge is 0.262 e. The van der Waals surface area contributed by atoms with Gasteiger partial charge in [-0.25, -0.2) is 0 Å². The van der Waals surface area contributed by atoms with Crippen LogP contribution >= 0.6 is 0 Å². The molecule has 3 N–H and O–H groups in total. The van der Waals surface area contributed by atoms with Crippen molar-refractivity contribution in [2.45, 2.75) is 25.4 Å². The predicted molar refractivity (Wildman–Crippen MR) is 75.3 cm³/mol. The van der Waals surface area contributed by atoms with Crippen molar-refractivity contribution in [3.8, 4) is 5.75 Å². The average Bonchev–Trinajstić information content (AvgIpc) is 2.25. The molecule has 1 aliphatic heterocycles. The highest BCUT2D eigenvalue weighted by Crippen LogP contribution is 2.35. The Labute approximate surface area is 113 Å². The standard InChI is InChI=1S/C14H21N3O2/c1-14(2,15)13(17(3)4)9-5-6-11-10(7-9)16-12(18)8-19-11/h5-7,13H,8,15H2,1-4H3,(H,16,18). The van der Waals surface area contributed by atoms with Gasteiger partial charge < -0.3 is 20.7 Å². The van der Waals surface area contributed by atoms with E-state index in [-0.39, 0.29) is 18.6 Å². The van der Waals surface area contributed by atoms with E-state index in [2.05, 4.69) is 10.2 Å². The molecule has 0 bridgehead atoms. The number of amides is 1. The van der Waals surface area contributed by atoms with E-state index in [0.717, 1.165) is 5.56 Å². The predicted octanol–water partition coefficient (Wildman–Crippen LogP) is 1.36. The highest BCUT2D eigenvalue weighted by molar-refractivity contribution is 5.95. The van der Waals surface area contributed by atoms with Gasteiger partial charge >= 0.3 is 0 Å². The summed E-state index contributed by atoms with van der Waals surface area (Å²) in [5.74, 6) is 0.578. The van der Waals surface area contributed by atoms with Gasteiger partial charge in [-0.3, -0.25) is 4.79 Å². The maximum absolute atomic E-state index is 11.4. The van der Waals surface area contributed by atoms with Crippen molar-refractivity contribution in [2.75, 3.05) is 26.0 Å². The van der Waals surface area contributed by atoms with Gasteiger partial charge in [-0.1, -0.05) is 6.07 Å². The largest absolute Gasteiger partial charge is 0.482 e. The minimum absolute atomic E-state index is 0.0524. The molecule has 1 aromatic carbocycles. The van der Waals surface area contributed by atoms with E-state index in [1.165, 1.54) is 0 Å². The van der Waals surface area contributed by atoms with Crippen LogP contribution in [0.4, 0.5) is 5.69 Å². The molecular formula is C14H21N3O2. The first-order chi connectivity index (χ1) is 8.79. The van der Waals surface area contributed by atoms with Crippen molar-refractivity contribution in [3.05, 3.63) is 23.8 Å². The van der Waals surface area contributed by atoms with Crippen LogP contribution in [0.1, 0.15) is 25.5 Å². The lowest BCUT2D eigenvalue weighted by atomic mass is 9.88. The van der Waals surface area contributed by atoms with E-state index < -0.39 is 5.54 Å². The van der Waals surface area contributed by atoms with Crippen LogP contribution in [0.5, 0.6) is 5.75 Å². The Bertz CT molecular complexity index is 492. The van der Waals surface area contributed by atoms with E-state index in [4.69, 9.17) is 10.5 Å². The van der Waals surface area contributed by atoms with E-state index in [0.29, 0.717) is 11.4 Å². The van der Waals surface area contributed by atoms with Gasteiger partial charge in [0.05, 0.1) is 11.7 Å². The summed E-state index contributed by atoms with van der Waals surface area (Å²) in [6.45, 7) is 4.06. The third kappa shape index (κ3) is 2.88. The number of hydrogen-bond acceptors (Lipinski definition) is 4. The third-order valence-corrected chi connectivity index (χ3v) is 3.17. The van der Waals surface area contributed by atoms with Crippen LogP contribution < -0.4 is 15.8 Å². The highest BCUT2D eigenvalue weighted by Gasteiger charge is 2.30. The average molecular weight is 263 g/mol. The Kier molecular flexibility index (Phi) is 3.52. The second-order valence-corrected chi connectivity index (χ2v) is 5.78. The summed E-state index contributed by atoms with van der Waals surface area (Å²) >= 11 is 0. The summed E-state index contributed by atoms with van der Waals surface area (Å²) in [5, 5.41) is 2.82. The molecule has 5 heteroatoms. The molecule has 0 aromatic heterocycles. The molecule has 19 heavy (non-hydrogen) atoms. The molecule has 0 aliphatic carbocycles. The summed E-state index contributed by atoms with van der Waals surface area (Å²) in [6, 6.07) is 5.87. The zero-order valence-electron chi connectivity index (χ0n) is 11.9. The normalized spacial score (nSPS) is 16.6. The molecule has 1 unspecified atom stereocenters. The molecule has 1 atom stereocenters. The molecule has 0 fully saturated rings. The lowest BCUT2D eigenvalue weighted by molar-refractivity contribution is -0.118. The van der Waals surface area contributed by atoms with Crippen LogP contribution in [0.25, 0.3) is 0 Å². The number of nitrogens with two attached hydrogens (primary N) is 1. The monoisotopic (exact) mass is 263 g/mol. The molecule has 1 amide bonds. The fourth-order valence-corrected chi connectivity index (χ4v) is 2.66. The van der Waals surface area contributed by atoms with E-state index in [1.807, 2.05) is 46.1 Å². The van der Waals surface area contributed by atoms with Gasteiger partial charge in [-0.15, -0.1) is 0 Å². The van der Waals surface area contributed by atoms with Crippen LogP contribution in [0, 0.1) is 0 Å². The molecule has 2 rings (SSSR count). The molecule has 1 aliphatic rings. The highest BCUT2D eigenvalue weighted by atomic mass is 16.5. The first kappa shape index (κ1) is 13.8. The third-order valence-electron chi connectivity index (χ3n) is 3.17. The number of anilines is 1. The Morgan fingerprint density at radius 1 is 1.42 bits per heavy atom. The summed E-state index contributed by atoms with van der Waals surface area (Å²) in [6.07, 6.45) is 0. The lowest BCUT2D eigenvalue weighted by Gasteiger charge is -2.36. The van der Waals surface area contributed by atoms with Gasteiger partial charge in [-0.05, 0) is 45.6 Å². The quantitative estimate of drug-likeness (QED) is 0.864. The topological polar surface area (TPSA) is 67.6 Å². The fourth-order valence-electron chi connectivity index (χ4n) is 2.66. The lowest BCUT2D eigenvalue weighted by Crippen LogP contribution is -2.45. The van der Waals surface area contributed by atoms with Crippen LogP contribution in [0.3, 0.4) is 0 Å². The van der Waals surface area contributed by atoms with Crippen LogP contribution in [0.15, 0.2) is 18.2 Å². The minimum Gasteiger partial charge on any atom is -0.482 e. The number of benzene rings is 1. The van der Waals surface area contributed by atoms with E-state index in [1.54, 1.807) is 0 Å². The molecule has 0 saturated heterocycles. The summed E-state index contributed by atoms with van der Waals surface area (Å²) in [7, 11) is 3.99. The van der Waals surface area contributed by atoms with Crippen molar-refractivity contribution in [1.82, 2.24) is 4.90 Å². The number of likely N-dealkylation sites (N-methyl/N-ethyl adjacent to an activating group) is 1. The van der Waals surface area contributed by atoms with Gasteiger partial charge in [0.2, 0.25) is 0 Å². The number of hydrogen-bond donors (Lipinski definition) is 2. The van der Waals surface area contributed by atoms with Crippen molar-refractivity contribution in [3.63, 3.8) is 0 Å². The number of carbonyl (C=O) groups excluding carboxylic acids is 1. The van der Waals surface area contributed by atoms with Crippen molar-refractivity contribution in [2.24, 2.45) is 5.73 Å². The first-order valence-corrected chi connectivity index (χ1v) is 6.31. The van der Waals surface area contributed by atoms with E-state index in [9.17, 15) is 4.79 Å². The maximum Gasteiger partial charge on any atom is 0.262 e. The molecule has 0 saturated carbocycles. The molecule has 104 valence electrons. The summed E-state index contributed by atoms with van der Waals surface area (Å²) in [5.41, 5.74) is 7.63. The minimum atomic E-state index is -0.392. The first-order valence-electron chi connectivity index (χ1n) is 6.31. The van der Waals surface area contributed by atoms with Crippen molar-refractivity contribution in [1.29, 1.82) is 0 Å². The molecule has 1 heterocycles. The molecule has 0 radical (unpaired) electrons. The number of ether oxygens (including phenoxy) is 1. The van der Waals surface area contributed by atoms with Gasteiger partial charge in [0.15, 0.2) is 6.61 Å². The number of rotatable bonds is 3. The molecular weight excluding hydrogens is 242 g/mol. The van der Waals surface area contributed by atoms with Gasteiger partial charge in [-0.2, -0.15) is 0 Å². The Morgan fingerprint density at radius 2 is 2.11 bits per heavy atom. The molecule has 1 aromatic rings. The molecule has 0 spiro atoms. The van der Waals surface area contributed by atoms with Gasteiger partial charge in [0.25, 0.3) is 5.91 Å². The van der Waals surface area contributed by atoms with E-state index >= 15 is 0 Å². The van der Waals surface area contributed by atoms with Crippen LogP contribution in [-0.4, -0.2) is 37.0 Å². The Morgan fingerprint density at radius 3 is 2.68 bits per heavy atom. The summed E-state index contributed by atoms with van der Waals surface area (Å²) < 4.78 is 5.36. The SMILES string of the molecule is CN(C)C(c1ccc2c(c1)NC(=O)CO2)C(C)(C)N. The van der Waals surface area contributed by atoms with Gasteiger partial charge in [0.1, 0.15) is 5.75 Å². The summed E-state index contributed by atoms with van der Waals surface area (Å²) in [4.78, 5) is 13.4. The Hall–Kier alpha value is -1.59. The number of nitrogens with one attached hydrogen (secondary N) is 1. The maximum atomic E-state index is 11.4. The van der Waals surface area contributed by atoms with Crippen LogP contribution in [0.2, 0.25) is 0 Å². The number of nitrogens with zero attached hydrogens (tertiary/aromatic N) is 1. The number of fused-ring (bicyclic) bond motifs is 1. The second kappa shape index (κ2) is 4.83. The molecule has 5 nitrogen and oxygen atoms in total. The Balaban J connectivity index is 2.40. The van der Waals surface area contributed by atoms with Crippen molar-refractivity contribution >= 4 is 11.6 Å².